The third kappa shape index (κ3) is 4.98. The predicted molar refractivity (Wildman–Crippen MR) is 128 cm³/mol. The lowest BCUT2D eigenvalue weighted by molar-refractivity contribution is 0.864. The predicted octanol–water partition coefficient (Wildman–Crippen LogP) is 7.81. The first-order chi connectivity index (χ1) is 14.6. The van der Waals surface area contributed by atoms with Crippen molar-refractivity contribution in [1.82, 2.24) is 14.8 Å². The number of aromatic nitrogens is 3. The molecule has 0 amide bonds. The zero-order valence-electron chi connectivity index (χ0n) is 15.6. The van der Waals surface area contributed by atoms with E-state index in [4.69, 9.17) is 34.8 Å². The van der Waals surface area contributed by atoms with Gasteiger partial charge in [0.2, 0.25) is 0 Å². The van der Waals surface area contributed by atoms with Gasteiger partial charge in [0.25, 0.3) is 0 Å². The molecule has 0 aliphatic rings. The van der Waals surface area contributed by atoms with Gasteiger partial charge >= 0.3 is 0 Å². The minimum Gasteiger partial charge on any atom is -0.273 e. The maximum absolute atomic E-state index is 6.37. The van der Waals surface area contributed by atoms with Crippen molar-refractivity contribution >= 4 is 58.3 Å². The summed E-state index contributed by atoms with van der Waals surface area (Å²) in [4.78, 5) is 1.19. The van der Waals surface area contributed by atoms with Crippen molar-refractivity contribution in [2.45, 2.75) is 21.6 Å². The highest BCUT2D eigenvalue weighted by molar-refractivity contribution is 7.98. The minimum absolute atomic E-state index is 0.474. The van der Waals surface area contributed by atoms with Gasteiger partial charge < -0.3 is 0 Å². The van der Waals surface area contributed by atoms with Crippen molar-refractivity contribution in [3.8, 4) is 5.69 Å². The molecule has 4 aromatic rings. The second kappa shape index (κ2) is 10.1. The molecule has 4 rings (SSSR count). The molecular formula is C22H16Cl3N3S2. The first-order valence-electron chi connectivity index (χ1n) is 9.06. The van der Waals surface area contributed by atoms with Gasteiger partial charge in [-0.25, -0.2) is 0 Å². The highest BCUT2D eigenvalue weighted by Crippen LogP contribution is 2.36. The monoisotopic (exact) mass is 491 g/mol. The zero-order chi connectivity index (χ0) is 20.9. The van der Waals surface area contributed by atoms with Crippen molar-refractivity contribution < 1.29 is 0 Å². The Morgan fingerprint density at radius 3 is 2.10 bits per heavy atom. The molecule has 8 heteroatoms. The fourth-order valence-electron chi connectivity index (χ4n) is 2.83. The van der Waals surface area contributed by atoms with E-state index in [1.54, 1.807) is 23.9 Å². The van der Waals surface area contributed by atoms with E-state index in [2.05, 4.69) is 26.9 Å². The van der Waals surface area contributed by atoms with E-state index in [0.717, 1.165) is 22.2 Å². The first kappa shape index (κ1) is 21.6. The maximum Gasteiger partial charge on any atom is 0.196 e. The number of hydrogen-bond acceptors (Lipinski definition) is 4. The van der Waals surface area contributed by atoms with Crippen LogP contribution >= 0.6 is 58.3 Å². The van der Waals surface area contributed by atoms with Crippen LogP contribution in [0.4, 0.5) is 0 Å². The summed E-state index contributed by atoms with van der Waals surface area (Å²) in [6, 6.07) is 23.8. The van der Waals surface area contributed by atoms with E-state index in [1.165, 1.54) is 16.7 Å². The molecule has 0 atom stereocenters. The van der Waals surface area contributed by atoms with Crippen LogP contribution in [0, 0.1) is 0 Å². The van der Waals surface area contributed by atoms with E-state index >= 15 is 0 Å². The molecule has 0 radical (unpaired) electrons. The number of rotatable bonds is 7. The van der Waals surface area contributed by atoms with Crippen molar-refractivity contribution in [2.24, 2.45) is 0 Å². The molecule has 0 bridgehead atoms. The number of halogens is 3. The van der Waals surface area contributed by atoms with Crippen LogP contribution in [-0.4, -0.2) is 14.8 Å². The SMILES string of the molecule is Clc1ccc(Cl)c(CSc2nnc(CSc3ccccc3)n2-c2ccccc2)c1Cl. The Kier molecular flexibility index (Phi) is 7.28. The van der Waals surface area contributed by atoms with Crippen LogP contribution in [0.25, 0.3) is 5.69 Å². The second-order valence-corrected chi connectivity index (χ2v) is 9.47. The van der Waals surface area contributed by atoms with E-state index in [-0.39, 0.29) is 0 Å². The highest BCUT2D eigenvalue weighted by atomic mass is 35.5. The first-order valence-corrected chi connectivity index (χ1v) is 12.2. The van der Waals surface area contributed by atoms with Gasteiger partial charge in [0.1, 0.15) is 5.82 Å². The lowest BCUT2D eigenvalue weighted by atomic mass is 10.2. The fourth-order valence-corrected chi connectivity index (χ4v) is 5.51. The molecule has 0 spiro atoms. The van der Waals surface area contributed by atoms with Gasteiger partial charge in [-0.2, -0.15) is 0 Å². The number of nitrogens with zero attached hydrogens (tertiary/aromatic N) is 3. The summed E-state index contributed by atoms with van der Waals surface area (Å²) >= 11 is 22.1. The fraction of sp³-hybridized carbons (Fsp3) is 0.0909. The van der Waals surface area contributed by atoms with Gasteiger partial charge in [-0.15, -0.1) is 22.0 Å². The third-order valence-electron chi connectivity index (χ3n) is 4.31. The quantitative estimate of drug-likeness (QED) is 0.194. The van der Waals surface area contributed by atoms with E-state index in [9.17, 15) is 0 Å². The van der Waals surface area contributed by atoms with Gasteiger partial charge in [-0.1, -0.05) is 83.0 Å². The van der Waals surface area contributed by atoms with E-state index in [1.807, 2.05) is 48.5 Å². The lowest BCUT2D eigenvalue weighted by Crippen LogP contribution is -2.02. The average Bonchev–Trinajstić information content (AvgIpc) is 3.19. The molecule has 0 saturated heterocycles. The topological polar surface area (TPSA) is 30.7 Å². The van der Waals surface area contributed by atoms with E-state index in [0.29, 0.717) is 26.6 Å². The van der Waals surface area contributed by atoms with Crippen LogP contribution in [0.15, 0.2) is 82.8 Å². The van der Waals surface area contributed by atoms with Crippen LogP contribution in [0.2, 0.25) is 15.1 Å². The van der Waals surface area contributed by atoms with Gasteiger partial charge in [0.05, 0.1) is 15.8 Å². The van der Waals surface area contributed by atoms with Crippen LogP contribution in [-0.2, 0) is 11.5 Å². The molecule has 1 aromatic heterocycles. The highest BCUT2D eigenvalue weighted by Gasteiger charge is 2.17. The van der Waals surface area contributed by atoms with Crippen LogP contribution in [0.1, 0.15) is 11.4 Å². The molecule has 30 heavy (non-hydrogen) atoms. The summed E-state index contributed by atoms with van der Waals surface area (Å²) in [5.41, 5.74) is 1.80. The van der Waals surface area contributed by atoms with Gasteiger partial charge in [0.15, 0.2) is 5.16 Å². The van der Waals surface area contributed by atoms with Crippen LogP contribution < -0.4 is 0 Å². The molecule has 0 aliphatic carbocycles. The number of benzene rings is 3. The molecule has 0 N–H and O–H groups in total. The summed E-state index contributed by atoms with van der Waals surface area (Å²) in [5.74, 6) is 2.11. The molecule has 3 nitrogen and oxygen atoms in total. The number of hydrogen-bond donors (Lipinski definition) is 0. The Bertz CT molecular complexity index is 1140. The molecule has 0 saturated carbocycles. The van der Waals surface area contributed by atoms with Crippen LogP contribution in [0.3, 0.4) is 0 Å². The smallest absolute Gasteiger partial charge is 0.196 e. The van der Waals surface area contributed by atoms with Gasteiger partial charge in [-0.3, -0.25) is 4.57 Å². The molecule has 152 valence electrons. The summed E-state index contributed by atoms with van der Waals surface area (Å²) in [7, 11) is 0. The molecule has 3 aromatic carbocycles. The van der Waals surface area contributed by atoms with Crippen molar-refractivity contribution in [3.63, 3.8) is 0 Å². The number of para-hydroxylation sites is 1. The molecular weight excluding hydrogens is 477 g/mol. The minimum atomic E-state index is 0.474. The Morgan fingerprint density at radius 1 is 0.700 bits per heavy atom. The molecule has 0 unspecified atom stereocenters. The van der Waals surface area contributed by atoms with Crippen molar-refractivity contribution in [3.05, 3.63) is 99.3 Å². The Morgan fingerprint density at radius 2 is 1.37 bits per heavy atom. The summed E-state index contributed by atoms with van der Waals surface area (Å²) in [6.07, 6.45) is 0. The zero-order valence-corrected chi connectivity index (χ0v) is 19.5. The van der Waals surface area contributed by atoms with Crippen LogP contribution in [0.5, 0.6) is 0 Å². The van der Waals surface area contributed by atoms with Crippen molar-refractivity contribution in [2.75, 3.05) is 0 Å². The molecule has 1 heterocycles. The number of thioether (sulfide) groups is 2. The second-order valence-electron chi connectivity index (χ2n) is 6.28. The van der Waals surface area contributed by atoms with E-state index < -0.39 is 0 Å². The van der Waals surface area contributed by atoms with Gasteiger partial charge in [-0.05, 0) is 36.4 Å². The standard InChI is InChI=1S/C22H16Cl3N3S2/c23-18-11-12-19(24)21(25)17(18)13-30-22-27-26-20(14-29-16-9-5-2-6-10-16)28(22)15-7-3-1-4-8-15/h1-12H,13-14H2. The average molecular weight is 493 g/mol. The Balaban J connectivity index is 1.62. The molecule has 0 fully saturated rings. The maximum atomic E-state index is 6.37. The third-order valence-corrected chi connectivity index (χ3v) is 7.47. The summed E-state index contributed by atoms with van der Waals surface area (Å²) in [5, 5.41) is 11.2. The lowest BCUT2D eigenvalue weighted by Gasteiger charge is -2.11. The van der Waals surface area contributed by atoms with Crippen molar-refractivity contribution in [1.29, 1.82) is 0 Å². The Labute approximate surface area is 198 Å². The summed E-state index contributed by atoms with van der Waals surface area (Å²) in [6.45, 7) is 0. The molecule has 0 aliphatic heterocycles. The van der Waals surface area contributed by atoms with Gasteiger partial charge in [0, 0.05) is 26.9 Å². The summed E-state index contributed by atoms with van der Waals surface area (Å²) < 4.78 is 2.08. The Hall–Kier alpha value is -1.63. The normalized spacial score (nSPS) is 11.0. The largest absolute Gasteiger partial charge is 0.273 e.